The fraction of sp³-hybridized carbons (Fsp3) is 0.533. The first kappa shape index (κ1) is 14.4. The summed E-state index contributed by atoms with van der Waals surface area (Å²) in [6.07, 6.45) is 1.51. The van der Waals surface area contributed by atoms with Gasteiger partial charge in [-0.15, -0.1) is 0 Å². The Morgan fingerprint density at radius 3 is 3.05 bits per heavy atom. The van der Waals surface area contributed by atoms with E-state index in [2.05, 4.69) is 29.7 Å². The van der Waals surface area contributed by atoms with E-state index in [4.69, 9.17) is 0 Å². The monoisotopic (exact) mass is 278 g/mol. The van der Waals surface area contributed by atoms with Gasteiger partial charge in [0.15, 0.2) is 0 Å². The number of nitrogens with one attached hydrogen (secondary N) is 2. The van der Waals surface area contributed by atoms with Gasteiger partial charge in [-0.2, -0.15) is 11.8 Å². The molecule has 19 heavy (non-hydrogen) atoms. The lowest BCUT2D eigenvalue weighted by Crippen LogP contribution is -2.41. The van der Waals surface area contributed by atoms with Crippen molar-refractivity contribution in [1.29, 1.82) is 0 Å². The van der Waals surface area contributed by atoms with Crippen LogP contribution >= 0.6 is 11.8 Å². The molecule has 1 aliphatic heterocycles. The molecular formula is C15H22N2OS. The zero-order valence-corrected chi connectivity index (χ0v) is 12.3. The molecular weight excluding hydrogens is 256 g/mol. The highest BCUT2D eigenvalue weighted by Crippen LogP contribution is 2.10. The molecule has 4 heteroatoms. The summed E-state index contributed by atoms with van der Waals surface area (Å²) < 4.78 is 0. The number of aryl methyl sites for hydroxylation is 1. The zero-order valence-electron chi connectivity index (χ0n) is 11.4. The fourth-order valence-electron chi connectivity index (χ4n) is 2.27. The summed E-state index contributed by atoms with van der Waals surface area (Å²) in [7, 11) is 0. The predicted molar refractivity (Wildman–Crippen MR) is 81.6 cm³/mol. The lowest BCUT2D eigenvalue weighted by molar-refractivity contribution is -0.121. The highest BCUT2D eigenvalue weighted by atomic mass is 32.2. The van der Waals surface area contributed by atoms with Crippen molar-refractivity contribution in [3.8, 4) is 0 Å². The first-order chi connectivity index (χ1) is 9.25. The second kappa shape index (κ2) is 7.56. The van der Waals surface area contributed by atoms with E-state index < -0.39 is 0 Å². The van der Waals surface area contributed by atoms with Gasteiger partial charge >= 0.3 is 0 Å². The van der Waals surface area contributed by atoms with Crippen LogP contribution in [-0.4, -0.2) is 36.5 Å². The van der Waals surface area contributed by atoms with Crippen LogP contribution in [0.5, 0.6) is 0 Å². The van der Waals surface area contributed by atoms with Gasteiger partial charge in [-0.05, 0) is 24.5 Å². The SMILES string of the molecule is Cc1ccccc1CCNC(=O)CC1CSCCN1. The van der Waals surface area contributed by atoms with Crippen LogP contribution in [0.15, 0.2) is 24.3 Å². The van der Waals surface area contributed by atoms with Crippen LogP contribution in [0.4, 0.5) is 0 Å². The van der Waals surface area contributed by atoms with Crippen molar-refractivity contribution in [2.45, 2.75) is 25.8 Å². The second-order valence-corrected chi connectivity index (χ2v) is 6.11. The van der Waals surface area contributed by atoms with Crippen LogP contribution in [-0.2, 0) is 11.2 Å². The summed E-state index contributed by atoms with van der Waals surface area (Å²) in [6, 6.07) is 8.68. The molecule has 1 heterocycles. The smallest absolute Gasteiger partial charge is 0.221 e. The Balaban J connectivity index is 1.67. The number of thioether (sulfide) groups is 1. The highest BCUT2D eigenvalue weighted by molar-refractivity contribution is 7.99. The minimum absolute atomic E-state index is 0.161. The predicted octanol–water partition coefficient (Wildman–Crippen LogP) is 1.75. The molecule has 2 N–H and O–H groups in total. The summed E-state index contributed by atoms with van der Waals surface area (Å²) >= 11 is 1.93. The highest BCUT2D eigenvalue weighted by Gasteiger charge is 2.16. The van der Waals surface area contributed by atoms with Gasteiger partial charge in [0.25, 0.3) is 0 Å². The fourth-order valence-corrected chi connectivity index (χ4v) is 3.22. The zero-order chi connectivity index (χ0) is 13.5. The maximum atomic E-state index is 11.8. The summed E-state index contributed by atoms with van der Waals surface area (Å²) in [6.45, 7) is 3.86. The third-order valence-corrected chi connectivity index (χ3v) is 4.54. The summed E-state index contributed by atoms with van der Waals surface area (Å²) in [5, 5.41) is 6.40. The third kappa shape index (κ3) is 4.88. The van der Waals surface area contributed by atoms with Crippen LogP contribution < -0.4 is 10.6 Å². The van der Waals surface area contributed by atoms with Crippen molar-refractivity contribution in [3.63, 3.8) is 0 Å². The van der Waals surface area contributed by atoms with Crippen molar-refractivity contribution in [3.05, 3.63) is 35.4 Å². The lowest BCUT2D eigenvalue weighted by Gasteiger charge is -2.22. The normalized spacial score (nSPS) is 19.1. The molecule has 2 rings (SSSR count). The van der Waals surface area contributed by atoms with E-state index in [1.807, 2.05) is 23.9 Å². The van der Waals surface area contributed by atoms with Crippen LogP contribution in [0.3, 0.4) is 0 Å². The van der Waals surface area contributed by atoms with Gasteiger partial charge in [0.2, 0.25) is 5.91 Å². The van der Waals surface area contributed by atoms with Gasteiger partial charge in [0.05, 0.1) is 0 Å². The summed E-state index contributed by atoms with van der Waals surface area (Å²) in [5.74, 6) is 2.37. The molecule has 0 radical (unpaired) electrons. The molecule has 1 unspecified atom stereocenters. The Morgan fingerprint density at radius 1 is 1.47 bits per heavy atom. The lowest BCUT2D eigenvalue weighted by atomic mass is 10.1. The van der Waals surface area contributed by atoms with Crippen molar-refractivity contribution in [2.24, 2.45) is 0 Å². The molecule has 1 saturated heterocycles. The van der Waals surface area contributed by atoms with Gasteiger partial charge in [-0.1, -0.05) is 24.3 Å². The first-order valence-corrected chi connectivity index (χ1v) is 8.03. The molecule has 0 spiro atoms. The topological polar surface area (TPSA) is 41.1 Å². The van der Waals surface area contributed by atoms with Crippen molar-refractivity contribution in [1.82, 2.24) is 10.6 Å². The van der Waals surface area contributed by atoms with Crippen LogP contribution in [0.25, 0.3) is 0 Å². The molecule has 1 fully saturated rings. The number of carbonyl (C=O) groups is 1. The summed E-state index contributed by atoms with van der Waals surface area (Å²) in [5.41, 5.74) is 2.61. The number of amides is 1. The minimum atomic E-state index is 0.161. The number of benzene rings is 1. The Bertz CT molecular complexity index is 416. The quantitative estimate of drug-likeness (QED) is 0.862. The standard InChI is InChI=1S/C15H22N2OS/c1-12-4-2-3-5-13(12)6-7-17-15(18)10-14-11-19-9-8-16-14/h2-5,14,16H,6-11H2,1H3,(H,17,18). The molecule has 1 aromatic carbocycles. The van der Waals surface area contributed by atoms with E-state index in [1.54, 1.807) is 0 Å². The van der Waals surface area contributed by atoms with Crippen LogP contribution in [0, 0.1) is 6.92 Å². The van der Waals surface area contributed by atoms with E-state index in [9.17, 15) is 4.79 Å². The third-order valence-electron chi connectivity index (χ3n) is 3.41. The van der Waals surface area contributed by atoms with Gasteiger partial charge in [-0.3, -0.25) is 4.79 Å². The van der Waals surface area contributed by atoms with Crippen molar-refractivity contribution < 1.29 is 4.79 Å². The molecule has 1 aromatic rings. The number of hydrogen-bond donors (Lipinski definition) is 2. The number of rotatable bonds is 5. The molecule has 104 valence electrons. The van der Waals surface area contributed by atoms with Crippen LogP contribution in [0.1, 0.15) is 17.5 Å². The van der Waals surface area contributed by atoms with E-state index in [1.165, 1.54) is 11.1 Å². The second-order valence-electron chi connectivity index (χ2n) is 4.96. The van der Waals surface area contributed by atoms with E-state index in [0.29, 0.717) is 12.5 Å². The maximum Gasteiger partial charge on any atom is 0.221 e. The largest absolute Gasteiger partial charge is 0.356 e. The Kier molecular flexibility index (Phi) is 5.73. The first-order valence-electron chi connectivity index (χ1n) is 6.88. The average molecular weight is 278 g/mol. The molecule has 0 bridgehead atoms. The molecule has 0 aliphatic carbocycles. The molecule has 0 aromatic heterocycles. The molecule has 1 aliphatic rings. The van der Waals surface area contributed by atoms with E-state index in [-0.39, 0.29) is 5.91 Å². The molecule has 0 saturated carbocycles. The average Bonchev–Trinajstić information content (AvgIpc) is 2.42. The molecule has 1 atom stereocenters. The Labute approximate surface area is 119 Å². The van der Waals surface area contributed by atoms with Gasteiger partial charge in [-0.25, -0.2) is 0 Å². The molecule has 3 nitrogen and oxygen atoms in total. The number of carbonyl (C=O) groups excluding carboxylic acids is 1. The van der Waals surface area contributed by atoms with Crippen molar-refractivity contribution >= 4 is 17.7 Å². The van der Waals surface area contributed by atoms with Gasteiger partial charge in [0, 0.05) is 37.1 Å². The van der Waals surface area contributed by atoms with Crippen LogP contribution in [0.2, 0.25) is 0 Å². The van der Waals surface area contributed by atoms with Crippen molar-refractivity contribution in [2.75, 3.05) is 24.6 Å². The molecule has 1 amide bonds. The van der Waals surface area contributed by atoms with E-state index in [0.717, 1.165) is 31.0 Å². The van der Waals surface area contributed by atoms with Gasteiger partial charge < -0.3 is 10.6 Å². The minimum Gasteiger partial charge on any atom is -0.356 e. The maximum absolute atomic E-state index is 11.8. The Morgan fingerprint density at radius 2 is 2.32 bits per heavy atom. The Hall–Kier alpha value is -1.000. The van der Waals surface area contributed by atoms with Gasteiger partial charge in [0.1, 0.15) is 0 Å². The van der Waals surface area contributed by atoms with E-state index >= 15 is 0 Å². The summed E-state index contributed by atoms with van der Waals surface area (Å²) in [4.78, 5) is 11.8. The number of hydrogen-bond acceptors (Lipinski definition) is 3.